The number of carbonyl (C=O) groups is 2. The molecule has 3 aromatic rings. The first kappa shape index (κ1) is 21.7. The van der Waals surface area contributed by atoms with Gasteiger partial charge in [0.15, 0.2) is 17.1 Å². The fourth-order valence-corrected chi connectivity index (χ4v) is 3.04. The van der Waals surface area contributed by atoms with Crippen molar-refractivity contribution < 1.29 is 24.2 Å². The second-order valence-corrected chi connectivity index (χ2v) is 6.65. The molecule has 158 valence electrons. The number of benzene rings is 3. The van der Waals surface area contributed by atoms with E-state index in [0.717, 1.165) is 0 Å². The van der Waals surface area contributed by atoms with E-state index in [-0.39, 0.29) is 5.75 Å². The van der Waals surface area contributed by atoms with Gasteiger partial charge in [-0.1, -0.05) is 60.7 Å². The maximum absolute atomic E-state index is 13.0. The molecule has 7 nitrogen and oxygen atoms in total. The molecule has 0 fully saturated rings. The van der Waals surface area contributed by atoms with Crippen molar-refractivity contribution in [1.29, 1.82) is 0 Å². The van der Waals surface area contributed by atoms with E-state index in [1.807, 2.05) is 0 Å². The third-order valence-electron chi connectivity index (χ3n) is 4.53. The molecule has 0 aromatic heterocycles. The molecule has 7 heteroatoms. The average Bonchev–Trinajstić information content (AvgIpc) is 2.80. The monoisotopic (exact) mass is 418 g/mol. The molecule has 2 N–H and O–H groups in total. The number of hydrazone groups is 1. The molecule has 3 aromatic carbocycles. The highest BCUT2D eigenvalue weighted by Crippen LogP contribution is 2.30. The van der Waals surface area contributed by atoms with Gasteiger partial charge in [0, 0.05) is 6.92 Å². The van der Waals surface area contributed by atoms with Gasteiger partial charge in [-0.15, -0.1) is 0 Å². The highest BCUT2D eigenvalue weighted by molar-refractivity contribution is 5.91. The normalized spacial score (nSPS) is 11.2. The van der Waals surface area contributed by atoms with Crippen molar-refractivity contribution in [3.63, 3.8) is 0 Å². The summed E-state index contributed by atoms with van der Waals surface area (Å²) in [5, 5.41) is 15.3. The fourth-order valence-electron chi connectivity index (χ4n) is 3.04. The number of nitrogens with zero attached hydrogens (tertiary/aromatic N) is 1. The molecular weight excluding hydrogens is 396 g/mol. The van der Waals surface area contributed by atoms with Gasteiger partial charge in [-0.25, -0.2) is 5.43 Å². The van der Waals surface area contributed by atoms with Crippen LogP contribution in [0.5, 0.6) is 11.5 Å². The zero-order valence-electron chi connectivity index (χ0n) is 17.1. The van der Waals surface area contributed by atoms with Crippen molar-refractivity contribution in [1.82, 2.24) is 5.43 Å². The van der Waals surface area contributed by atoms with Gasteiger partial charge >= 0.3 is 5.97 Å². The van der Waals surface area contributed by atoms with Crippen LogP contribution in [0, 0.1) is 0 Å². The second-order valence-electron chi connectivity index (χ2n) is 6.65. The number of hydrogen-bond donors (Lipinski definition) is 2. The molecule has 0 aliphatic rings. The van der Waals surface area contributed by atoms with Gasteiger partial charge in [0.2, 0.25) is 0 Å². The predicted molar refractivity (Wildman–Crippen MR) is 116 cm³/mol. The number of nitrogens with one attached hydrogen (secondary N) is 1. The minimum Gasteiger partial charge on any atom is -0.493 e. The van der Waals surface area contributed by atoms with Crippen LogP contribution in [0.1, 0.15) is 23.6 Å². The lowest BCUT2D eigenvalue weighted by molar-refractivity contribution is -0.136. The van der Waals surface area contributed by atoms with Gasteiger partial charge < -0.3 is 14.6 Å². The summed E-state index contributed by atoms with van der Waals surface area (Å²) in [7, 11) is 1.45. The maximum Gasteiger partial charge on any atom is 0.308 e. The van der Waals surface area contributed by atoms with Crippen LogP contribution in [-0.2, 0) is 15.2 Å². The third kappa shape index (κ3) is 4.96. The smallest absolute Gasteiger partial charge is 0.308 e. The van der Waals surface area contributed by atoms with Crippen molar-refractivity contribution in [3.05, 3.63) is 95.6 Å². The Morgan fingerprint density at radius 3 is 2.03 bits per heavy atom. The molecule has 0 bridgehead atoms. The third-order valence-corrected chi connectivity index (χ3v) is 4.53. The topological polar surface area (TPSA) is 97.2 Å². The first-order chi connectivity index (χ1) is 14.9. The molecule has 0 aliphatic heterocycles. The van der Waals surface area contributed by atoms with E-state index >= 15 is 0 Å². The van der Waals surface area contributed by atoms with E-state index in [2.05, 4.69) is 10.5 Å². The fraction of sp³-hybridized carbons (Fsp3) is 0.125. The molecule has 0 atom stereocenters. The van der Waals surface area contributed by atoms with Crippen molar-refractivity contribution in [3.8, 4) is 11.5 Å². The van der Waals surface area contributed by atoms with Crippen LogP contribution in [0.15, 0.2) is 84.0 Å². The van der Waals surface area contributed by atoms with Crippen LogP contribution in [0.2, 0.25) is 0 Å². The zero-order chi connectivity index (χ0) is 22.3. The van der Waals surface area contributed by atoms with E-state index in [1.165, 1.54) is 20.2 Å². The zero-order valence-corrected chi connectivity index (χ0v) is 17.1. The Kier molecular flexibility index (Phi) is 6.79. The molecule has 1 amide bonds. The van der Waals surface area contributed by atoms with Crippen molar-refractivity contribution >= 4 is 18.1 Å². The van der Waals surface area contributed by atoms with Crippen LogP contribution in [0.25, 0.3) is 0 Å². The molecule has 0 saturated carbocycles. The summed E-state index contributed by atoms with van der Waals surface area (Å²) in [5.41, 5.74) is 1.92. The number of rotatable bonds is 7. The maximum atomic E-state index is 13.0. The first-order valence-corrected chi connectivity index (χ1v) is 9.48. The molecule has 0 unspecified atom stereocenters. The molecule has 3 rings (SSSR count). The molecule has 0 spiro atoms. The molecule has 31 heavy (non-hydrogen) atoms. The molecule has 0 aliphatic carbocycles. The highest BCUT2D eigenvalue weighted by Gasteiger charge is 2.39. The predicted octanol–water partition coefficient (Wildman–Crippen LogP) is 3.01. The SMILES string of the molecule is COc1cc(/C=N/NC(=O)C(O)(c2ccccc2)c2ccccc2)ccc1OC(C)=O. The van der Waals surface area contributed by atoms with Crippen LogP contribution in [0.3, 0.4) is 0 Å². The number of esters is 1. The lowest BCUT2D eigenvalue weighted by Crippen LogP contribution is -2.43. The number of methoxy groups -OCH3 is 1. The van der Waals surface area contributed by atoms with Crippen LogP contribution in [0.4, 0.5) is 0 Å². The van der Waals surface area contributed by atoms with E-state index in [9.17, 15) is 14.7 Å². The van der Waals surface area contributed by atoms with Crippen molar-refractivity contribution in [2.24, 2.45) is 5.10 Å². The number of ether oxygens (including phenoxy) is 2. The summed E-state index contributed by atoms with van der Waals surface area (Å²) in [6.45, 7) is 1.30. The van der Waals surface area contributed by atoms with E-state index < -0.39 is 17.5 Å². The second kappa shape index (κ2) is 9.69. The summed E-state index contributed by atoms with van der Waals surface area (Å²) in [6, 6.07) is 22.1. The first-order valence-electron chi connectivity index (χ1n) is 9.48. The summed E-state index contributed by atoms with van der Waals surface area (Å²) < 4.78 is 10.3. The Hall–Kier alpha value is -3.97. The summed E-state index contributed by atoms with van der Waals surface area (Å²) in [5.74, 6) is -0.549. The summed E-state index contributed by atoms with van der Waals surface area (Å²) in [6.07, 6.45) is 1.40. The Labute approximate surface area is 179 Å². The Balaban J connectivity index is 1.83. The molecule has 0 radical (unpaired) electrons. The van der Waals surface area contributed by atoms with Crippen molar-refractivity contribution in [2.75, 3.05) is 7.11 Å². The number of hydrogen-bond acceptors (Lipinski definition) is 6. The Morgan fingerprint density at radius 1 is 0.935 bits per heavy atom. The van der Waals surface area contributed by atoms with Gasteiger partial charge in [0.05, 0.1) is 13.3 Å². The lowest BCUT2D eigenvalue weighted by atomic mass is 9.85. The van der Waals surface area contributed by atoms with E-state index in [0.29, 0.717) is 22.4 Å². The van der Waals surface area contributed by atoms with E-state index in [1.54, 1.807) is 78.9 Å². The molecule has 0 saturated heterocycles. The standard InChI is InChI=1S/C24H22N2O5/c1-17(27)31-21-14-13-18(15-22(21)30-2)16-25-26-23(28)24(29,19-9-5-3-6-10-19)20-11-7-4-8-12-20/h3-16,29H,1-2H3,(H,26,28)/b25-16+. The van der Waals surface area contributed by atoms with Crippen molar-refractivity contribution in [2.45, 2.75) is 12.5 Å². The highest BCUT2D eigenvalue weighted by atomic mass is 16.6. The number of aliphatic hydroxyl groups is 1. The number of carbonyl (C=O) groups excluding carboxylic acids is 2. The Bertz CT molecular complexity index is 1040. The van der Waals surface area contributed by atoms with E-state index in [4.69, 9.17) is 9.47 Å². The van der Waals surface area contributed by atoms with Crippen LogP contribution < -0.4 is 14.9 Å². The Morgan fingerprint density at radius 2 is 1.52 bits per heavy atom. The van der Waals surface area contributed by atoms with Gasteiger partial charge in [-0.2, -0.15) is 5.10 Å². The van der Waals surface area contributed by atoms with Gasteiger partial charge in [0.25, 0.3) is 5.91 Å². The van der Waals surface area contributed by atoms with Gasteiger partial charge in [0.1, 0.15) is 0 Å². The average molecular weight is 418 g/mol. The van der Waals surface area contributed by atoms with Crippen LogP contribution >= 0.6 is 0 Å². The number of amides is 1. The minimum atomic E-state index is -1.92. The molecular formula is C24H22N2O5. The minimum absolute atomic E-state index is 0.277. The van der Waals surface area contributed by atoms with Gasteiger partial charge in [-0.3, -0.25) is 9.59 Å². The molecule has 0 heterocycles. The van der Waals surface area contributed by atoms with Crippen LogP contribution in [-0.4, -0.2) is 30.3 Å². The summed E-state index contributed by atoms with van der Waals surface area (Å²) in [4.78, 5) is 24.2. The lowest BCUT2D eigenvalue weighted by Gasteiger charge is -2.27. The quantitative estimate of drug-likeness (QED) is 0.266. The summed E-state index contributed by atoms with van der Waals surface area (Å²) >= 11 is 0. The largest absolute Gasteiger partial charge is 0.493 e. The van der Waals surface area contributed by atoms with Gasteiger partial charge in [-0.05, 0) is 34.9 Å².